The van der Waals surface area contributed by atoms with E-state index >= 15 is 0 Å². The first kappa shape index (κ1) is 39.1. The van der Waals surface area contributed by atoms with E-state index in [1.165, 1.54) is 68.1 Å². The summed E-state index contributed by atoms with van der Waals surface area (Å²) in [6.45, 7) is 20.1. The molecule has 0 heterocycles. The molecule has 5 fully saturated rings. The van der Waals surface area contributed by atoms with Gasteiger partial charge in [-0.25, -0.2) is 4.39 Å². The minimum absolute atomic E-state index is 0.00230. The lowest BCUT2D eigenvalue weighted by molar-refractivity contribution is -0.221. The molecule has 0 bridgehead atoms. The van der Waals surface area contributed by atoms with E-state index < -0.39 is 23.7 Å². The van der Waals surface area contributed by atoms with Crippen LogP contribution in [-0.2, 0) is 4.79 Å². The molecule has 52 heavy (non-hydrogen) atoms. The Kier molecular flexibility index (Phi) is 10.2. The first-order chi connectivity index (χ1) is 24.4. The van der Waals surface area contributed by atoms with E-state index in [0.717, 1.165) is 45.1 Å². The summed E-state index contributed by atoms with van der Waals surface area (Å²) in [6.07, 6.45) is 24.5. The largest absolute Gasteiger partial charge is 0.481 e. The number of carboxylic acids is 1. The lowest BCUT2D eigenvalue weighted by Gasteiger charge is -2.72. The maximum Gasteiger partial charge on any atom is 0.312 e. The van der Waals surface area contributed by atoms with Crippen LogP contribution in [0.25, 0.3) is 0 Å². The van der Waals surface area contributed by atoms with Gasteiger partial charge in [-0.3, -0.25) is 4.79 Å². The molecule has 0 aromatic carbocycles. The Hall–Kier alpha value is -1.11. The van der Waals surface area contributed by atoms with Crippen LogP contribution in [0.2, 0.25) is 0 Å². The molecule has 0 aromatic rings. The number of alkyl halides is 1. The molecular formula is C46H72FNO3S. The standard InChI is InChI=1S/C46H72FNO3S/c1-30(2)33-15-24-46(48-28-27-45(51)22-13-32(52-8)14-23-45)26-25-42(6)35(38(33)46)9-10-37-41(5)18-16-34(40(3,4)36(41)17-19-43(37,42)7)31-11-20-44(29-47,21-12-31)39(49)50/h11,16,32-33,35-38,48,51H,1,9-10,12-15,17-29H2,2-8H3,(H,49,50)/t32?,33-,35+,36-,37+,38+,41-,42+,43+,44-,45?,46-/m0/s1. The minimum Gasteiger partial charge on any atom is -0.481 e. The maximum atomic E-state index is 14.0. The highest BCUT2D eigenvalue weighted by atomic mass is 32.2. The quantitative estimate of drug-likeness (QED) is 0.206. The van der Waals surface area contributed by atoms with Crippen molar-refractivity contribution in [2.45, 2.75) is 167 Å². The third-order valence-corrected chi connectivity index (χ3v) is 19.7. The van der Waals surface area contributed by atoms with E-state index in [2.05, 4.69) is 71.8 Å². The Morgan fingerprint density at radius 2 is 1.63 bits per heavy atom. The second-order valence-electron chi connectivity index (χ2n) is 20.9. The third kappa shape index (κ3) is 5.81. The van der Waals surface area contributed by atoms with Crippen molar-refractivity contribution in [1.29, 1.82) is 0 Å². The molecule has 7 aliphatic carbocycles. The lowest BCUT2D eigenvalue weighted by atomic mass is 9.33. The number of hydrogen-bond acceptors (Lipinski definition) is 4. The summed E-state index contributed by atoms with van der Waals surface area (Å²) in [7, 11) is 0. The van der Waals surface area contributed by atoms with Crippen molar-refractivity contribution in [2.75, 3.05) is 19.5 Å². The normalized spacial score (nSPS) is 48.3. The van der Waals surface area contributed by atoms with Gasteiger partial charge in [0.15, 0.2) is 0 Å². The summed E-state index contributed by atoms with van der Waals surface area (Å²) in [5.74, 6) is 2.12. The molecule has 292 valence electrons. The highest BCUT2D eigenvalue weighted by Gasteiger charge is 2.70. The Morgan fingerprint density at radius 3 is 2.25 bits per heavy atom. The summed E-state index contributed by atoms with van der Waals surface area (Å²) in [4.78, 5) is 12.0. The molecule has 7 rings (SSSR count). The van der Waals surface area contributed by atoms with Crippen LogP contribution in [0, 0.1) is 56.7 Å². The molecule has 0 spiro atoms. The molecular weight excluding hydrogens is 666 g/mol. The van der Waals surface area contributed by atoms with E-state index in [1.54, 1.807) is 0 Å². The number of allylic oxidation sites excluding steroid dienone is 5. The van der Waals surface area contributed by atoms with Crippen LogP contribution in [0.4, 0.5) is 4.39 Å². The van der Waals surface area contributed by atoms with Crippen molar-refractivity contribution < 1.29 is 19.4 Å². The smallest absolute Gasteiger partial charge is 0.312 e. The maximum absolute atomic E-state index is 14.0. The van der Waals surface area contributed by atoms with E-state index in [-0.39, 0.29) is 27.2 Å². The summed E-state index contributed by atoms with van der Waals surface area (Å²) in [5.41, 5.74) is 3.24. The van der Waals surface area contributed by atoms with Gasteiger partial charge in [-0.2, -0.15) is 11.8 Å². The van der Waals surface area contributed by atoms with Crippen LogP contribution in [0.1, 0.15) is 151 Å². The van der Waals surface area contributed by atoms with Crippen LogP contribution in [0.5, 0.6) is 0 Å². The number of rotatable bonds is 9. The van der Waals surface area contributed by atoms with Crippen molar-refractivity contribution in [2.24, 2.45) is 56.7 Å². The van der Waals surface area contributed by atoms with E-state index in [0.29, 0.717) is 54.1 Å². The number of carboxylic acid groups (broad SMARTS) is 1. The number of nitrogens with one attached hydrogen (secondary N) is 1. The van der Waals surface area contributed by atoms with Gasteiger partial charge in [-0.15, -0.1) is 0 Å². The van der Waals surface area contributed by atoms with Crippen LogP contribution in [-0.4, -0.2) is 52.0 Å². The minimum atomic E-state index is -1.25. The fourth-order valence-electron chi connectivity index (χ4n) is 15.3. The summed E-state index contributed by atoms with van der Waals surface area (Å²) in [6, 6.07) is 0. The molecule has 3 N–H and O–H groups in total. The summed E-state index contributed by atoms with van der Waals surface area (Å²) in [5, 5.41) is 26.4. The number of aliphatic hydroxyl groups is 1. The van der Waals surface area contributed by atoms with Crippen LogP contribution < -0.4 is 5.32 Å². The van der Waals surface area contributed by atoms with E-state index in [4.69, 9.17) is 0 Å². The predicted molar refractivity (Wildman–Crippen MR) is 214 cm³/mol. The molecule has 6 heteroatoms. The third-order valence-electron chi connectivity index (χ3n) is 18.6. The van der Waals surface area contributed by atoms with Gasteiger partial charge >= 0.3 is 5.97 Å². The molecule has 0 saturated heterocycles. The number of halogens is 1. The zero-order valence-corrected chi connectivity index (χ0v) is 34.7. The average Bonchev–Trinajstić information content (AvgIpc) is 3.49. The molecule has 0 aliphatic heterocycles. The van der Waals surface area contributed by atoms with Crippen LogP contribution in [0.15, 0.2) is 35.5 Å². The second-order valence-corrected chi connectivity index (χ2v) is 22.0. The number of hydrogen-bond donors (Lipinski definition) is 3. The molecule has 0 radical (unpaired) electrons. The van der Waals surface area contributed by atoms with Gasteiger partial charge < -0.3 is 15.5 Å². The molecule has 0 unspecified atom stereocenters. The summed E-state index contributed by atoms with van der Waals surface area (Å²) >= 11 is 1.97. The SMILES string of the molecule is C=C(C)[C@@H]1CC[C@]2(NCCC3(O)CCC(SC)CC3)CC[C@]3(C)[C@H](CC[C@@H]4[C@@]5(C)CC=C(C6=CC[C@](CF)(C(=O)O)CC6)C(C)(C)[C@@H]5CC[C@]43C)[C@@H]12. The average molecular weight is 738 g/mol. The van der Waals surface area contributed by atoms with Crippen molar-refractivity contribution in [3.8, 4) is 0 Å². The molecule has 0 aromatic heterocycles. The second kappa shape index (κ2) is 13.5. The monoisotopic (exact) mass is 738 g/mol. The fourth-order valence-corrected chi connectivity index (χ4v) is 16.0. The first-order valence-electron chi connectivity index (χ1n) is 21.3. The molecule has 4 nitrogen and oxygen atoms in total. The Bertz CT molecular complexity index is 1480. The zero-order chi connectivity index (χ0) is 37.5. The van der Waals surface area contributed by atoms with Gasteiger partial charge in [0, 0.05) is 10.8 Å². The van der Waals surface area contributed by atoms with Crippen molar-refractivity contribution >= 4 is 17.7 Å². The summed E-state index contributed by atoms with van der Waals surface area (Å²) < 4.78 is 14.0. The Labute approximate surface area is 320 Å². The highest BCUT2D eigenvalue weighted by molar-refractivity contribution is 7.99. The predicted octanol–water partition coefficient (Wildman–Crippen LogP) is 11.1. The number of aliphatic carboxylic acids is 1. The molecule has 7 aliphatic rings. The van der Waals surface area contributed by atoms with E-state index in [9.17, 15) is 19.4 Å². The van der Waals surface area contributed by atoms with Crippen LogP contribution in [0.3, 0.4) is 0 Å². The Balaban J connectivity index is 1.13. The van der Waals surface area contributed by atoms with Gasteiger partial charge in [0.1, 0.15) is 6.67 Å². The number of thioether (sulfide) groups is 1. The van der Waals surface area contributed by atoms with Gasteiger partial charge in [0.05, 0.1) is 11.0 Å². The number of carbonyl (C=O) groups is 1. The lowest BCUT2D eigenvalue weighted by Crippen LogP contribution is -2.68. The van der Waals surface area contributed by atoms with Crippen LogP contribution >= 0.6 is 11.8 Å². The Morgan fingerprint density at radius 1 is 0.904 bits per heavy atom. The van der Waals surface area contributed by atoms with Gasteiger partial charge in [-0.1, -0.05) is 58.9 Å². The molecule has 10 atom stereocenters. The van der Waals surface area contributed by atoms with Gasteiger partial charge in [-0.05, 0) is 191 Å². The fraction of sp³-hybridized carbons (Fsp3) is 0.848. The van der Waals surface area contributed by atoms with Gasteiger partial charge in [0.25, 0.3) is 0 Å². The molecule has 0 amide bonds. The topological polar surface area (TPSA) is 69.6 Å². The van der Waals surface area contributed by atoms with Crippen molar-refractivity contribution in [3.05, 3.63) is 35.5 Å². The highest BCUT2D eigenvalue weighted by Crippen LogP contribution is 2.76. The zero-order valence-electron chi connectivity index (χ0n) is 33.8. The van der Waals surface area contributed by atoms with Crippen molar-refractivity contribution in [1.82, 2.24) is 5.32 Å². The number of fused-ring (bicyclic) bond motifs is 7. The molecule has 5 saturated carbocycles. The van der Waals surface area contributed by atoms with E-state index in [1.807, 2.05) is 11.8 Å². The van der Waals surface area contributed by atoms with Crippen molar-refractivity contribution in [3.63, 3.8) is 0 Å². The van der Waals surface area contributed by atoms with Gasteiger partial charge in [0.2, 0.25) is 0 Å². The first-order valence-corrected chi connectivity index (χ1v) is 22.6.